The summed E-state index contributed by atoms with van der Waals surface area (Å²) in [6.45, 7) is 4.80. The first-order valence-corrected chi connectivity index (χ1v) is 16.9. The van der Waals surface area contributed by atoms with Gasteiger partial charge in [0.2, 0.25) is 0 Å². The van der Waals surface area contributed by atoms with Gasteiger partial charge in [0.1, 0.15) is 6.10 Å². The molecule has 0 aromatic heterocycles. The van der Waals surface area contributed by atoms with Crippen LogP contribution in [-0.4, -0.2) is 24.9 Å². The van der Waals surface area contributed by atoms with Crippen LogP contribution in [0.5, 0.6) is 0 Å². The molecule has 6 rings (SSSR count). The molecule has 1 saturated carbocycles. The molecular weight excluding hydrogens is 580 g/mol. The van der Waals surface area contributed by atoms with E-state index in [1.165, 1.54) is 16.7 Å². The molecule has 0 N–H and O–H groups in total. The van der Waals surface area contributed by atoms with Crippen molar-refractivity contribution in [2.75, 3.05) is 6.61 Å². The average Bonchev–Trinajstić information content (AvgIpc) is 3.14. The van der Waals surface area contributed by atoms with Gasteiger partial charge in [-0.1, -0.05) is 153 Å². The Morgan fingerprint density at radius 2 is 0.915 bits per heavy atom. The van der Waals surface area contributed by atoms with Crippen LogP contribution in [0.4, 0.5) is 0 Å². The Balaban J connectivity index is 1.35. The molecule has 0 unspecified atom stereocenters. The van der Waals surface area contributed by atoms with E-state index in [4.69, 9.17) is 18.9 Å². The molecule has 5 aromatic rings. The molecule has 4 nitrogen and oxygen atoms in total. The van der Waals surface area contributed by atoms with Gasteiger partial charge in [0, 0.05) is 11.8 Å². The van der Waals surface area contributed by atoms with Crippen LogP contribution in [-0.2, 0) is 51.8 Å². The molecule has 1 fully saturated rings. The van der Waals surface area contributed by atoms with Gasteiger partial charge in [0.25, 0.3) is 0 Å². The molecule has 0 saturated heterocycles. The SMILES string of the molecule is CCc1cccc([C@@H]2C[C@H](COCc3ccccc3)[C@@H](OCc3ccccc3)[C@H](OCc3ccccc3)[C@H]2OCc2ccccc2)c1. The van der Waals surface area contributed by atoms with E-state index in [0.29, 0.717) is 33.0 Å². The van der Waals surface area contributed by atoms with E-state index >= 15 is 0 Å². The molecule has 5 aromatic carbocycles. The Kier molecular flexibility index (Phi) is 12.0. The topological polar surface area (TPSA) is 36.9 Å². The summed E-state index contributed by atoms with van der Waals surface area (Å²) >= 11 is 0. The van der Waals surface area contributed by atoms with E-state index < -0.39 is 0 Å². The van der Waals surface area contributed by atoms with Gasteiger partial charge >= 0.3 is 0 Å². The number of hydrogen-bond acceptors (Lipinski definition) is 4. The third-order valence-corrected chi connectivity index (χ3v) is 9.15. The Morgan fingerprint density at radius 3 is 1.43 bits per heavy atom. The molecule has 5 atom stereocenters. The van der Waals surface area contributed by atoms with Crippen molar-refractivity contribution >= 4 is 0 Å². The Bertz CT molecular complexity index is 1590. The van der Waals surface area contributed by atoms with Gasteiger partial charge in [-0.3, -0.25) is 0 Å². The predicted octanol–water partition coefficient (Wildman–Crippen LogP) is 9.33. The summed E-state index contributed by atoms with van der Waals surface area (Å²) in [6, 6.07) is 50.6. The van der Waals surface area contributed by atoms with Crippen molar-refractivity contribution in [3.8, 4) is 0 Å². The van der Waals surface area contributed by atoms with Crippen molar-refractivity contribution < 1.29 is 18.9 Å². The highest BCUT2D eigenvalue weighted by Crippen LogP contribution is 2.42. The summed E-state index contributed by atoms with van der Waals surface area (Å²) in [6.07, 6.45) is 1.07. The number of rotatable bonds is 15. The van der Waals surface area contributed by atoms with Crippen LogP contribution in [0.25, 0.3) is 0 Å². The molecule has 1 aliphatic rings. The summed E-state index contributed by atoms with van der Waals surface area (Å²) in [5, 5.41) is 0. The van der Waals surface area contributed by atoms with Gasteiger partial charge in [0.05, 0.1) is 45.2 Å². The van der Waals surface area contributed by atoms with E-state index in [0.717, 1.165) is 29.5 Å². The lowest BCUT2D eigenvalue weighted by atomic mass is 9.72. The van der Waals surface area contributed by atoms with Crippen molar-refractivity contribution in [1.29, 1.82) is 0 Å². The largest absolute Gasteiger partial charge is 0.376 e. The molecule has 0 radical (unpaired) electrons. The second-order valence-electron chi connectivity index (χ2n) is 12.5. The average molecular weight is 627 g/mol. The lowest BCUT2D eigenvalue weighted by Crippen LogP contribution is -2.54. The third-order valence-electron chi connectivity index (χ3n) is 9.15. The standard InChI is InChI=1S/C43H46O4/c1-2-33-24-15-25-38(26-33)40-27-39(32-44-28-34-16-7-3-8-17-34)41(45-29-35-18-9-4-10-19-35)43(47-31-37-22-13-6-14-23-37)42(40)46-30-36-20-11-5-12-21-36/h3-26,39-43H,2,27-32H2,1H3/t39-,40+,41-,42+,43+/m1/s1. The smallest absolute Gasteiger partial charge is 0.111 e. The van der Waals surface area contributed by atoms with Crippen LogP contribution in [0, 0.1) is 5.92 Å². The lowest BCUT2D eigenvalue weighted by Gasteiger charge is -2.46. The molecule has 0 aliphatic heterocycles. The number of benzene rings is 5. The van der Waals surface area contributed by atoms with Crippen LogP contribution in [0.1, 0.15) is 52.6 Å². The first kappa shape index (κ1) is 32.9. The zero-order chi connectivity index (χ0) is 32.1. The molecule has 0 bridgehead atoms. The van der Waals surface area contributed by atoms with Crippen LogP contribution in [0.3, 0.4) is 0 Å². The van der Waals surface area contributed by atoms with E-state index in [1.54, 1.807) is 0 Å². The van der Waals surface area contributed by atoms with Gasteiger partial charge in [-0.2, -0.15) is 0 Å². The highest BCUT2D eigenvalue weighted by Gasteiger charge is 2.47. The fourth-order valence-electron chi connectivity index (χ4n) is 6.64. The molecule has 4 heteroatoms. The van der Waals surface area contributed by atoms with E-state index in [9.17, 15) is 0 Å². The molecule has 0 amide bonds. The van der Waals surface area contributed by atoms with E-state index in [-0.39, 0.29) is 30.1 Å². The van der Waals surface area contributed by atoms with Crippen molar-refractivity contribution in [3.63, 3.8) is 0 Å². The Labute approximate surface area is 280 Å². The van der Waals surface area contributed by atoms with Crippen molar-refractivity contribution in [1.82, 2.24) is 0 Å². The van der Waals surface area contributed by atoms with Gasteiger partial charge in [-0.25, -0.2) is 0 Å². The number of ether oxygens (including phenoxy) is 4. The van der Waals surface area contributed by atoms with Gasteiger partial charge in [-0.05, 0) is 46.2 Å². The highest BCUT2D eigenvalue weighted by molar-refractivity contribution is 5.29. The molecule has 0 spiro atoms. The van der Waals surface area contributed by atoms with E-state index in [2.05, 4.69) is 128 Å². The third kappa shape index (κ3) is 9.27. The maximum Gasteiger partial charge on any atom is 0.111 e. The normalized spacial score (nSPS) is 21.0. The second kappa shape index (κ2) is 17.2. The maximum absolute atomic E-state index is 6.97. The van der Waals surface area contributed by atoms with Crippen LogP contribution >= 0.6 is 0 Å². The number of hydrogen-bond donors (Lipinski definition) is 0. The van der Waals surface area contributed by atoms with Crippen LogP contribution < -0.4 is 0 Å². The minimum absolute atomic E-state index is 0.0926. The zero-order valence-electron chi connectivity index (χ0n) is 27.3. The molecular formula is C43H46O4. The summed E-state index contributed by atoms with van der Waals surface area (Å²) in [7, 11) is 0. The van der Waals surface area contributed by atoms with Gasteiger partial charge in [0.15, 0.2) is 0 Å². The minimum Gasteiger partial charge on any atom is -0.376 e. The van der Waals surface area contributed by atoms with Crippen LogP contribution in [0.2, 0.25) is 0 Å². The van der Waals surface area contributed by atoms with Gasteiger partial charge in [-0.15, -0.1) is 0 Å². The Morgan fingerprint density at radius 1 is 0.468 bits per heavy atom. The molecule has 47 heavy (non-hydrogen) atoms. The number of aryl methyl sites for hydroxylation is 1. The maximum atomic E-state index is 6.97. The van der Waals surface area contributed by atoms with Gasteiger partial charge < -0.3 is 18.9 Å². The van der Waals surface area contributed by atoms with Crippen molar-refractivity contribution in [2.24, 2.45) is 5.92 Å². The summed E-state index contributed by atoms with van der Waals surface area (Å²) in [5.74, 6) is 0.197. The molecule has 0 heterocycles. The fraction of sp³-hybridized carbons (Fsp3) is 0.302. The molecule has 242 valence electrons. The summed E-state index contributed by atoms with van der Waals surface area (Å²) in [4.78, 5) is 0. The molecule has 1 aliphatic carbocycles. The Hall–Kier alpha value is -4.06. The second-order valence-corrected chi connectivity index (χ2v) is 12.5. The van der Waals surface area contributed by atoms with E-state index in [1.807, 2.05) is 24.3 Å². The highest BCUT2D eigenvalue weighted by atomic mass is 16.6. The first-order valence-electron chi connectivity index (χ1n) is 16.9. The van der Waals surface area contributed by atoms with Crippen LogP contribution in [0.15, 0.2) is 146 Å². The monoisotopic (exact) mass is 626 g/mol. The summed E-state index contributed by atoms with van der Waals surface area (Å²) in [5.41, 5.74) is 7.18. The predicted molar refractivity (Wildman–Crippen MR) is 188 cm³/mol. The zero-order valence-corrected chi connectivity index (χ0v) is 27.3. The van der Waals surface area contributed by atoms with Crippen molar-refractivity contribution in [3.05, 3.63) is 179 Å². The lowest BCUT2D eigenvalue weighted by molar-refractivity contribution is -0.201. The first-order chi connectivity index (χ1) is 23.3. The fourth-order valence-corrected chi connectivity index (χ4v) is 6.64. The minimum atomic E-state index is -0.322. The van der Waals surface area contributed by atoms with Crippen molar-refractivity contribution in [2.45, 2.75) is 70.4 Å². The quantitative estimate of drug-likeness (QED) is 0.116. The summed E-state index contributed by atoms with van der Waals surface area (Å²) < 4.78 is 27.3.